The average Bonchev–Trinajstić information content (AvgIpc) is 3.08. The van der Waals surface area contributed by atoms with Gasteiger partial charge in [-0.05, 0) is 36.8 Å². The molecule has 0 bridgehead atoms. The number of nitrogens with zero attached hydrogens (tertiary/aromatic N) is 2. The number of hydrogen-bond donors (Lipinski definition) is 2. The first-order valence-electron chi connectivity index (χ1n) is 9.16. The van der Waals surface area contributed by atoms with E-state index in [2.05, 4.69) is 20.3 Å². The summed E-state index contributed by atoms with van der Waals surface area (Å²) in [6, 6.07) is 8.72. The number of halogens is 5. The maximum absolute atomic E-state index is 14.4. The van der Waals surface area contributed by atoms with Crippen LogP contribution >= 0.6 is 0 Å². The third-order valence-electron chi connectivity index (χ3n) is 5.18. The minimum atomic E-state index is -4.62. The summed E-state index contributed by atoms with van der Waals surface area (Å²) in [4.78, 5) is 22.0. The van der Waals surface area contributed by atoms with Crippen LogP contribution < -0.4 is 10.9 Å². The Morgan fingerprint density at radius 1 is 0.968 bits per heavy atom. The molecule has 2 atom stereocenters. The first kappa shape index (κ1) is 20.7. The molecule has 2 N–H and O–H groups in total. The van der Waals surface area contributed by atoms with Crippen molar-refractivity contribution >= 4 is 5.84 Å². The van der Waals surface area contributed by atoms with Crippen LogP contribution in [-0.4, -0.2) is 21.8 Å². The van der Waals surface area contributed by atoms with Crippen LogP contribution in [0.15, 0.2) is 64.5 Å². The lowest BCUT2D eigenvalue weighted by Crippen LogP contribution is -2.48. The largest absolute Gasteiger partial charge is 0.433 e. The zero-order valence-corrected chi connectivity index (χ0v) is 16.0. The minimum absolute atomic E-state index is 0.00641. The molecule has 4 rings (SSSR count). The van der Waals surface area contributed by atoms with E-state index in [0.717, 1.165) is 24.4 Å². The first-order chi connectivity index (χ1) is 14.6. The maximum Gasteiger partial charge on any atom is 0.433 e. The molecule has 1 aliphatic rings. The highest BCUT2D eigenvalue weighted by molar-refractivity contribution is 6.00. The number of rotatable bonds is 3. The zero-order chi connectivity index (χ0) is 22.4. The first-order valence-corrected chi connectivity index (χ1v) is 9.16. The van der Waals surface area contributed by atoms with Crippen LogP contribution in [0.25, 0.3) is 0 Å². The number of aromatic nitrogens is 2. The predicted molar refractivity (Wildman–Crippen MR) is 103 cm³/mol. The van der Waals surface area contributed by atoms with Crippen molar-refractivity contribution in [1.29, 1.82) is 0 Å². The molecule has 5 nitrogen and oxygen atoms in total. The van der Waals surface area contributed by atoms with Crippen molar-refractivity contribution in [3.8, 4) is 0 Å². The summed E-state index contributed by atoms with van der Waals surface area (Å²) in [5.41, 5.74) is -2.32. The van der Waals surface area contributed by atoms with Gasteiger partial charge >= 0.3 is 6.18 Å². The van der Waals surface area contributed by atoms with Crippen LogP contribution in [0.2, 0.25) is 0 Å². The molecule has 1 aromatic carbocycles. The quantitative estimate of drug-likeness (QED) is 0.617. The summed E-state index contributed by atoms with van der Waals surface area (Å²) >= 11 is 0. The van der Waals surface area contributed by atoms with E-state index in [9.17, 15) is 26.7 Å². The predicted octanol–water partition coefficient (Wildman–Crippen LogP) is 3.75. The SMILES string of the molecule is C[C@@H]1N=C(c2[nH]c(=O)ccc2F)N[C@]1(c1ccc(F)cc1)c1ccc(C(F)(F)F)nc1. The number of alkyl halides is 3. The molecule has 0 spiro atoms. The molecule has 3 aromatic rings. The molecule has 160 valence electrons. The Bertz CT molecular complexity index is 1200. The topological polar surface area (TPSA) is 70.1 Å². The van der Waals surface area contributed by atoms with E-state index in [1.165, 1.54) is 30.3 Å². The highest BCUT2D eigenvalue weighted by Gasteiger charge is 2.46. The highest BCUT2D eigenvalue weighted by atomic mass is 19.4. The Labute approximate surface area is 172 Å². The van der Waals surface area contributed by atoms with Crippen LogP contribution in [0.5, 0.6) is 0 Å². The normalized spacial score (nSPS) is 21.0. The summed E-state index contributed by atoms with van der Waals surface area (Å²) in [6.45, 7) is 1.67. The van der Waals surface area contributed by atoms with Crippen molar-refractivity contribution in [3.05, 3.63) is 99.2 Å². The van der Waals surface area contributed by atoms with Gasteiger partial charge in [-0.25, -0.2) is 8.78 Å². The molecule has 0 radical (unpaired) electrons. The van der Waals surface area contributed by atoms with Gasteiger partial charge in [0.15, 0.2) is 5.82 Å². The van der Waals surface area contributed by atoms with Crippen LogP contribution in [0.1, 0.15) is 29.4 Å². The fraction of sp³-hybridized carbons (Fsp3) is 0.190. The summed E-state index contributed by atoms with van der Waals surface area (Å²) in [5.74, 6) is -1.24. The Balaban J connectivity index is 1.86. The number of H-pyrrole nitrogens is 1. The summed E-state index contributed by atoms with van der Waals surface area (Å²) in [5, 5.41) is 3.04. The Morgan fingerprint density at radius 2 is 1.65 bits per heavy atom. The second-order valence-corrected chi connectivity index (χ2v) is 7.07. The second-order valence-electron chi connectivity index (χ2n) is 7.07. The van der Waals surface area contributed by atoms with Crippen molar-refractivity contribution in [2.45, 2.75) is 24.7 Å². The molecule has 0 saturated heterocycles. The Morgan fingerprint density at radius 3 is 2.26 bits per heavy atom. The van der Waals surface area contributed by atoms with Crippen molar-refractivity contribution in [2.24, 2.45) is 4.99 Å². The van der Waals surface area contributed by atoms with Crippen LogP contribution in [0.4, 0.5) is 22.0 Å². The van der Waals surface area contributed by atoms with E-state index in [1.54, 1.807) is 6.92 Å². The lowest BCUT2D eigenvalue weighted by molar-refractivity contribution is -0.141. The highest BCUT2D eigenvalue weighted by Crippen LogP contribution is 2.39. The van der Waals surface area contributed by atoms with Gasteiger partial charge in [0.2, 0.25) is 5.56 Å². The average molecular weight is 434 g/mol. The van der Waals surface area contributed by atoms with Crippen LogP contribution in [-0.2, 0) is 11.7 Å². The van der Waals surface area contributed by atoms with E-state index in [4.69, 9.17) is 0 Å². The van der Waals surface area contributed by atoms with E-state index in [0.29, 0.717) is 11.1 Å². The molecular formula is C21H15F5N4O. The zero-order valence-electron chi connectivity index (χ0n) is 16.0. The van der Waals surface area contributed by atoms with Gasteiger partial charge < -0.3 is 10.3 Å². The van der Waals surface area contributed by atoms with Crippen LogP contribution in [0, 0.1) is 11.6 Å². The number of amidine groups is 1. The molecule has 0 fully saturated rings. The molecule has 0 aliphatic carbocycles. The fourth-order valence-electron chi connectivity index (χ4n) is 3.67. The smallest absolute Gasteiger partial charge is 0.353 e. The van der Waals surface area contributed by atoms with Gasteiger partial charge in [0, 0.05) is 17.8 Å². The van der Waals surface area contributed by atoms with E-state index < -0.39 is 40.6 Å². The number of benzene rings is 1. The molecule has 0 amide bonds. The van der Waals surface area contributed by atoms with Crippen molar-refractivity contribution < 1.29 is 22.0 Å². The molecule has 3 heterocycles. The second kappa shape index (κ2) is 7.29. The van der Waals surface area contributed by atoms with Gasteiger partial charge in [-0.2, -0.15) is 13.2 Å². The maximum atomic E-state index is 14.4. The van der Waals surface area contributed by atoms with E-state index >= 15 is 0 Å². The Hall–Kier alpha value is -3.56. The van der Waals surface area contributed by atoms with Gasteiger partial charge in [0.1, 0.15) is 28.6 Å². The monoisotopic (exact) mass is 434 g/mol. The lowest BCUT2D eigenvalue weighted by atomic mass is 9.79. The summed E-state index contributed by atoms with van der Waals surface area (Å²) in [7, 11) is 0. The fourth-order valence-corrected chi connectivity index (χ4v) is 3.67. The van der Waals surface area contributed by atoms with E-state index in [-0.39, 0.29) is 11.5 Å². The number of aromatic amines is 1. The van der Waals surface area contributed by atoms with E-state index in [1.807, 2.05) is 0 Å². The van der Waals surface area contributed by atoms with Gasteiger partial charge in [-0.1, -0.05) is 18.2 Å². The lowest BCUT2D eigenvalue weighted by Gasteiger charge is -2.34. The molecule has 0 saturated carbocycles. The number of pyridine rings is 2. The minimum Gasteiger partial charge on any atom is -0.353 e. The van der Waals surface area contributed by atoms with Crippen LogP contribution in [0.3, 0.4) is 0 Å². The summed E-state index contributed by atoms with van der Waals surface area (Å²) in [6.07, 6.45) is -3.57. The molecule has 0 unspecified atom stereocenters. The van der Waals surface area contributed by atoms with Gasteiger partial charge in [-0.3, -0.25) is 14.8 Å². The van der Waals surface area contributed by atoms with Crippen molar-refractivity contribution in [2.75, 3.05) is 0 Å². The summed E-state index contributed by atoms with van der Waals surface area (Å²) < 4.78 is 66.9. The molecular weight excluding hydrogens is 419 g/mol. The molecule has 10 heteroatoms. The molecule has 31 heavy (non-hydrogen) atoms. The number of hydrogen-bond acceptors (Lipinski definition) is 4. The van der Waals surface area contributed by atoms with Gasteiger partial charge in [0.25, 0.3) is 0 Å². The van der Waals surface area contributed by atoms with Crippen molar-refractivity contribution in [1.82, 2.24) is 15.3 Å². The number of aliphatic imine (C=N–C) groups is 1. The standard InChI is InChI=1S/C21H15F5N4O/c1-11-20(12-2-5-14(22)6-3-12,13-4-8-16(27-10-13)21(24,25)26)30-19(28-11)18-15(23)7-9-17(31)29-18/h2-11H,1H3,(H,28,30)(H,29,31)/t11-,20+/m0/s1. The number of nitrogens with one attached hydrogen (secondary N) is 2. The molecule has 2 aromatic heterocycles. The third kappa shape index (κ3) is 3.58. The van der Waals surface area contributed by atoms with Crippen molar-refractivity contribution in [3.63, 3.8) is 0 Å². The van der Waals surface area contributed by atoms with Gasteiger partial charge in [0.05, 0.1) is 6.04 Å². The third-order valence-corrected chi connectivity index (χ3v) is 5.18. The molecule has 1 aliphatic heterocycles. The Kier molecular flexibility index (Phi) is 4.87. The van der Waals surface area contributed by atoms with Gasteiger partial charge in [-0.15, -0.1) is 0 Å².